The number of amides is 2. The van der Waals surface area contributed by atoms with Gasteiger partial charge in [-0.15, -0.1) is 0 Å². The Morgan fingerprint density at radius 3 is 2.69 bits per heavy atom. The molecule has 0 aliphatic carbocycles. The number of rotatable bonds is 3. The normalized spacial score (nSPS) is 19.7. The number of aromatic nitrogens is 2. The van der Waals surface area contributed by atoms with Crippen molar-refractivity contribution < 1.29 is 19.8 Å². The molecule has 0 spiro atoms. The molecule has 1 aliphatic rings. The maximum absolute atomic E-state index is 12.6. The van der Waals surface area contributed by atoms with Gasteiger partial charge in [0, 0.05) is 12.7 Å². The van der Waals surface area contributed by atoms with Crippen molar-refractivity contribution in [2.75, 3.05) is 7.05 Å². The molecular formula is C23H25N5O4. The molecule has 3 N–H and O–H groups in total. The van der Waals surface area contributed by atoms with Gasteiger partial charge < -0.3 is 10.2 Å². The van der Waals surface area contributed by atoms with E-state index in [1.54, 1.807) is 6.92 Å². The van der Waals surface area contributed by atoms with Crippen molar-refractivity contribution in [3.63, 3.8) is 0 Å². The van der Waals surface area contributed by atoms with Crippen LogP contribution in [0.4, 0.5) is 4.79 Å². The molecule has 3 aromatic rings. The summed E-state index contributed by atoms with van der Waals surface area (Å²) in [4.78, 5) is 34.2. The lowest BCUT2D eigenvalue weighted by Crippen LogP contribution is -2.51. The van der Waals surface area contributed by atoms with Gasteiger partial charge in [0.15, 0.2) is 0 Å². The Hall–Kier alpha value is -3.72. The number of guanidine groups is 1. The highest BCUT2D eigenvalue weighted by atomic mass is 16.4. The van der Waals surface area contributed by atoms with Gasteiger partial charge >= 0.3 is 6.09 Å². The number of aryl methyl sites for hydroxylation is 1. The van der Waals surface area contributed by atoms with E-state index in [-0.39, 0.29) is 18.3 Å². The van der Waals surface area contributed by atoms with E-state index in [1.165, 1.54) is 11.9 Å². The zero-order valence-corrected chi connectivity index (χ0v) is 18.3. The summed E-state index contributed by atoms with van der Waals surface area (Å²) in [6.45, 7) is 5.43. The summed E-state index contributed by atoms with van der Waals surface area (Å²) in [7, 11) is 1.50. The van der Waals surface area contributed by atoms with E-state index in [9.17, 15) is 14.7 Å². The van der Waals surface area contributed by atoms with Gasteiger partial charge in [-0.1, -0.05) is 18.2 Å². The Morgan fingerprint density at radius 1 is 1.25 bits per heavy atom. The van der Waals surface area contributed by atoms with E-state index in [4.69, 9.17) is 5.11 Å². The van der Waals surface area contributed by atoms with Gasteiger partial charge in [-0.05, 0) is 56.2 Å². The quantitative estimate of drug-likeness (QED) is 0.584. The summed E-state index contributed by atoms with van der Waals surface area (Å²) < 4.78 is 2.00. The lowest BCUT2D eigenvalue weighted by molar-refractivity contribution is -0.128. The number of imidazole rings is 1. The molecule has 1 unspecified atom stereocenters. The minimum atomic E-state index is -1.28. The molecule has 2 heterocycles. The number of nitrogens with zero attached hydrogens (tertiary/aromatic N) is 4. The fraction of sp³-hybridized carbons (Fsp3) is 0.304. The van der Waals surface area contributed by atoms with Gasteiger partial charge in [-0.25, -0.2) is 14.8 Å². The fourth-order valence-electron chi connectivity index (χ4n) is 4.04. The number of carbonyl (C=O) groups is 2. The summed E-state index contributed by atoms with van der Waals surface area (Å²) in [6, 6.07) is 13.3. The van der Waals surface area contributed by atoms with E-state index in [0.717, 1.165) is 33.7 Å². The summed E-state index contributed by atoms with van der Waals surface area (Å²) in [6.07, 6.45) is -1.75. The van der Waals surface area contributed by atoms with Crippen molar-refractivity contribution >= 4 is 29.0 Å². The number of aliphatic hydroxyl groups excluding tert-OH is 1. The maximum Gasteiger partial charge on any atom is 0.411 e. The Kier molecular flexibility index (Phi) is 5.21. The number of aliphatic hydroxyl groups is 1. The largest absolute Gasteiger partial charge is 0.465 e. The highest BCUT2D eigenvalue weighted by Crippen LogP contribution is 2.35. The smallest absolute Gasteiger partial charge is 0.411 e. The number of fused-ring (bicyclic) bond motifs is 1. The van der Waals surface area contributed by atoms with Crippen molar-refractivity contribution in [3.05, 3.63) is 59.4 Å². The van der Waals surface area contributed by atoms with Crippen LogP contribution in [0.15, 0.2) is 47.5 Å². The SMILES string of the molecule is Cc1nc2cc(C(C)O)ccc2n1-c1cccc([C@]2(C)CC(=O)N(C)C(NC(=O)O)=N2)c1. The third-order valence-electron chi connectivity index (χ3n) is 5.81. The van der Waals surface area contributed by atoms with Crippen LogP contribution in [-0.4, -0.2) is 49.7 Å². The Balaban J connectivity index is 1.81. The number of hydrogen-bond donors (Lipinski definition) is 3. The standard InChI is InChI=1S/C23H25N5O4/c1-13(29)15-8-9-19-18(10-15)24-14(2)28(19)17-7-5-6-16(11-17)23(3)12-20(30)27(4)21(26-23)25-22(31)32/h5-11,13,29H,12H2,1-4H3,(H,25,26)(H,31,32)/t13?,23-/m0/s1. The van der Waals surface area contributed by atoms with Gasteiger partial charge in [-0.3, -0.25) is 19.6 Å². The van der Waals surface area contributed by atoms with Crippen LogP contribution in [0.5, 0.6) is 0 Å². The second-order valence-electron chi connectivity index (χ2n) is 8.24. The van der Waals surface area contributed by atoms with Gasteiger partial charge in [0.1, 0.15) is 5.82 Å². The average molecular weight is 435 g/mol. The molecule has 166 valence electrons. The molecule has 2 amide bonds. The number of carboxylic acid groups (broad SMARTS) is 1. The molecule has 0 fully saturated rings. The molecule has 2 atom stereocenters. The number of benzene rings is 2. The molecule has 9 heteroatoms. The summed E-state index contributed by atoms with van der Waals surface area (Å²) in [5.74, 6) is 0.546. The third-order valence-corrected chi connectivity index (χ3v) is 5.81. The van der Waals surface area contributed by atoms with Crippen LogP contribution in [-0.2, 0) is 10.3 Å². The van der Waals surface area contributed by atoms with Crippen LogP contribution in [0, 0.1) is 6.92 Å². The number of carbonyl (C=O) groups excluding carboxylic acids is 1. The molecule has 0 radical (unpaired) electrons. The molecule has 0 saturated heterocycles. The first kappa shape index (κ1) is 21.5. The average Bonchev–Trinajstić information content (AvgIpc) is 3.06. The molecule has 32 heavy (non-hydrogen) atoms. The third kappa shape index (κ3) is 3.71. The van der Waals surface area contributed by atoms with Crippen molar-refractivity contribution in [3.8, 4) is 5.69 Å². The van der Waals surface area contributed by atoms with E-state index >= 15 is 0 Å². The van der Waals surface area contributed by atoms with Gasteiger partial charge in [0.2, 0.25) is 11.9 Å². The number of hydrogen-bond acceptors (Lipinski definition) is 5. The minimum Gasteiger partial charge on any atom is -0.465 e. The second kappa shape index (κ2) is 7.76. The van der Waals surface area contributed by atoms with E-state index in [1.807, 2.05) is 60.9 Å². The first-order valence-corrected chi connectivity index (χ1v) is 10.2. The zero-order valence-electron chi connectivity index (χ0n) is 18.3. The summed E-state index contributed by atoms with van der Waals surface area (Å²) in [5, 5.41) is 21.2. The van der Waals surface area contributed by atoms with E-state index in [0.29, 0.717) is 0 Å². The summed E-state index contributed by atoms with van der Waals surface area (Å²) >= 11 is 0. The van der Waals surface area contributed by atoms with Crippen LogP contribution >= 0.6 is 0 Å². The van der Waals surface area contributed by atoms with Crippen LogP contribution in [0.1, 0.15) is 43.3 Å². The maximum atomic E-state index is 12.6. The van der Waals surface area contributed by atoms with Crippen molar-refractivity contribution in [1.82, 2.24) is 19.8 Å². The highest BCUT2D eigenvalue weighted by Gasteiger charge is 2.37. The molecule has 0 bridgehead atoms. The first-order chi connectivity index (χ1) is 15.1. The van der Waals surface area contributed by atoms with Crippen LogP contribution in [0.3, 0.4) is 0 Å². The Morgan fingerprint density at radius 2 is 2.00 bits per heavy atom. The van der Waals surface area contributed by atoms with Crippen LogP contribution in [0.25, 0.3) is 16.7 Å². The highest BCUT2D eigenvalue weighted by molar-refractivity contribution is 6.04. The number of aliphatic imine (C=N–C) groups is 1. The van der Waals surface area contributed by atoms with Gasteiger partial charge in [-0.2, -0.15) is 0 Å². The van der Waals surface area contributed by atoms with Crippen molar-refractivity contribution in [2.45, 2.75) is 38.8 Å². The monoisotopic (exact) mass is 435 g/mol. The Labute approximate surface area is 185 Å². The molecule has 2 aromatic carbocycles. The molecule has 1 aromatic heterocycles. The summed E-state index contributed by atoms with van der Waals surface area (Å²) in [5.41, 5.74) is 3.16. The van der Waals surface area contributed by atoms with Gasteiger partial charge in [0.05, 0.1) is 29.1 Å². The number of nitrogens with one attached hydrogen (secondary N) is 1. The molecule has 1 aliphatic heterocycles. The minimum absolute atomic E-state index is 0.00318. The molecular weight excluding hydrogens is 410 g/mol. The Bertz CT molecular complexity index is 1260. The van der Waals surface area contributed by atoms with Gasteiger partial charge in [0.25, 0.3) is 0 Å². The van der Waals surface area contributed by atoms with Crippen LogP contribution in [0.2, 0.25) is 0 Å². The first-order valence-electron chi connectivity index (χ1n) is 10.2. The molecule has 0 saturated carbocycles. The topological polar surface area (TPSA) is 120 Å². The van der Waals surface area contributed by atoms with E-state index in [2.05, 4.69) is 15.3 Å². The predicted octanol–water partition coefficient (Wildman–Crippen LogP) is 3.09. The lowest BCUT2D eigenvalue weighted by atomic mass is 9.87. The van der Waals surface area contributed by atoms with Crippen molar-refractivity contribution in [2.24, 2.45) is 4.99 Å². The van der Waals surface area contributed by atoms with E-state index < -0.39 is 17.7 Å². The lowest BCUT2D eigenvalue weighted by Gasteiger charge is -2.34. The molecule has 4 rings (SSSR count). The zero-order chi connectivity index (χ0) is 23.2. The van der Waals surface area contributed by atoms with Crippen LogP contribution < -0.4 is 5.32 Å². The second-order valence-corrected chi connectivity index (χ2v) is 8.24. The predicted molar refractivity (Wildman–Crippen MR) is 120 cm³/mol. The fourth-order valence-corrected chi connectivity index (χ4v) is 4.04. The van der Waals surface area contributed by atoms with Crippen molar-refractivity contribution in [1.29, 1.82) is 0 Å². The molecule has 9 nitrogen and oxygen atoms in total.